The summed E-state index contributed by atoms with van der Waals surface area (Å²) >= 11 is 0. The van der Waals surface area contributed by atoms with Crippen molar-refractivity contribution in [3.8, 4) is 50.3 Å². The smallest absolute Gasteiger partial charge is 0.0979 e. The van der Waals surface area contributed by atoms with E-state index in [-0.39, 0.29) is 0 Å². The van der Waals surface area contributed by atoms with Crippen molar-refractivity contribution in [2.24, 2.45) is 0 Å². The maximum atomic E-state index is 5.26. The molecule has 0 saturated carbocycles. The van der Waals surface area contributed by atoms with Crippen molar-refractivity contribution in [1.29, 1.82) is 0 Å². The van der Waals surface area contributed by atoms with Crippen LogP contribution in [-0.2, 0) is 0 Å². The predicted octanol–water partition coefficient (Wildman–Crippen LogP) is 14.9. The fourth-order valence-electron chi connectivity index (χ4n) is 9.19. The Morgan fingerprint density at radius 3 is 1.46 bits per heavy atom. The fraction of sp³-hybridized carbons (Fsp3) is 0. The van der Waals surface area contributed by atoms with Gasteiger partial charge in [0, 0.05) is 32.5 Å². The van der Waals surface area contributed by atoms with Crippen molar-refractivity contribution < 1.29 is 0 Å². The number of rotatable bonds is 5. The maximum Gasteiger partial charge on any atom is 0.0979 e. The molecule has 59 heavy (non-hydrogen) atoms. The Hall–Kier alpha value is -7.88. The average Bonchev–Trinajstić information content (AvgIpc) is 3.65. The fourth-order valence-corrected chi connectivity index (χ4v) is 9.19. The molecule has 12 aromatic rings. The summed E-state index contributed by atoms with van der Waals surface area (Å²) in [7, 11) is 0. The van der Waals surface area contributed by atoms with Crippen molar-refractivity contribution >= 4 is 65.2 Å². The van der Waals surface area contributed by atoms with E-state index in [1.807, 2.05) is 6.20 Å². The number of fused-ring (bicyclic) bond motifs is 10. The first-order valence-electron chi connectivity index (χ1n) is 20.1. The molecule has 0 N–H and O–H groups in total. The predicted molar refractivity (Wildman–Crippen MR) is 248 cm³/mol. The highest BCUT2D eigenvalue weighted by Crippen LogP contribution is 2.39. The molecule has 0 atom stereocenters. The van der Waals surface area contributed by atoms with Crippen LogP contribution < -0.4 is 0 Å². The maximum absolute atomic E-state index is 5.26. The Balaban J connectivity index is 0.909. The molecule has 0 fully saturated rings. The minimum absolute atomic E-state index is 0.862. The summed E-state index contributed by atoms with van der Waals surface area (Å²) in [6.07, 6.45) is 1.92. The van der Waals surface area contributed by atoms with E-state index < -0.39 is 0 Å². The molecule has 0 amide bonds. The van der Waals surface area contributed by atoms with Crippen LogP contribution in [0.4, 0.5) is 0 Å². The first-order valence-corrected chi connectivity index (χ1v) is 20.1. The van der Waals surface area contributed by atoms with Gasteiger partial charge in [0.2, 0.25) is 0 Å². The third-order valence-corrected chi connectivity index (χ3v) is 12.0. The van der Waals surface area contributed by atoms with Gasteiger partial charge in [-0.2, -0.15) is 0 Å². The molecule has 0 radical (unpaired) electrons. The van der Waals surface area contributed by atoms with Crippen molar-refractivity contribution in [2.45, 2.75) is 0 Å². The molecule has 0 spiro atoms. The van der Waals surface area contributed by atoms with Crippen LogP contribution in [0.5, 0.6) is 0 Å². The molecule has 3 nitrogen and oxygen atoms in total. The Bertz CT molecular complexity index is 3590. The lowest BCUT2D eigenvalue weighted by Crippen LogP contribution is -1.95. The molecule has 2 aromatic heterocycles. The van der Waals surface area contributed by atoms with E-state index in [9.17, 15) is 0 Å². The van der Waals surface area contributed by atoms with Gasteiger partial charge < -0.3 is 4.57 Å². The van der Waals surface area contributed by atoms with Gasteiger partial charge in [0.15, 0.2) is 0 Å². The lowest BCUT2D eigenvalue weighted by atomic mass is 9.95. The number of aromatic nitrogens is 3. The van der Waals surface area contributed by atoms with Gasteiger partial charge in [0.1, 0.15) is 0 Å². The average molecular weight is 750 g/mol. The SMILES string of the molecule is c1cc(-c2cccc(-c3ccc4c(c3)c3ccccc3n4-c3cccc4ccccc34)c2)cc(-c2cccc(-c3cnc4c5ccccc5c5ccccc5c4n3)c2)c1. The molecule has 0 unspecified atom stereocenters. The summed E-state index contributed by atoms with van der Waals surface area (Å²) < 4.78 is 2.42. The highest BCUT2D eigenvalue weighted by Gasteiger charge is 2.16. The quantitative estimate of drug-likeness (QED) is 0.164. The summed E-state index contributed by atoms with van der Waals surface area (Å²) in [5.74, 6) is 0. The monoisotopic (exact) mass is 749 g/mol. The molecule has 0 saturated heterocycles. The topological polar surface area (TPSA) is 30.7 Å². The summed E-state index contributed by atoms with van der Waals surface area (Å²) in [5, 5.41) is 9.62. The minimum Gasteiger partial charge on any atom is -0.309 e. The van der Waals surface area contributed by atoms with Crippen LogP contribution in [0, 0.1) is 0 Å². The van der Waals surface area contributed by atoms with E-state index in [1.165, 1.54) is 71.3 Å². The molecule has 0 aliphatic rings. The van der Waals surface area contributed by atoms with Gasteiger partial charge in [-0.15, -0.1) is 0 Å². The Labute approximate surface area is 341 Å². The van der Waals surface area contributed by atoms with Gasteiger partial charge in [-0.05, 0) is 92.0 Å². The highest BCUT2D eigenvalue weighted by atomic mass is 15.0. The number of benzene rings is 10. The van der Waals surface area contributed by atoms with E-state index in [0.29, 0.717) is 0 Å². The van der Waals surface area contributed by atoms with E-state index in [4.69, 9.17) is 9.97 Å². The molecule has 0 aliphatic carbocycles. The molecule has 3 heteroatoms. The minimum atomic E-state index is 0.862. The number of nitrogens with zero attached hydrogens (tertiary/aromatic N) is 3. The third kappa shape index (κ3) is 5.44. The first-order chi connectivity index (χ1) is 29.2. The lowest BCUT2D eigenvalue weighted by molar-refractivity contribution is 1.20. The van der Waals surface area contributed by atoms with E-state index in [0.717, 1.165) is 44.2 Å². The second kappa shape index (κ2) is 13.4. The zero-order chi connectivity index (χ0) is 38.9. The van der Waals surface area contributed by atoms with Gasteiger partial charge in [-0.3, -0.25) is 4.98 Å². The highest BCUT2D eigenvalue weighted by molar-refractivity contribution is 6.23. The van der Waals surface area contributed by atoms with E-state index in [2.05, 4.69) is 211 Å². The molecule has 10 aromatic carbocycles. The second-order valence-corrected chi connectivity index (χ2v) is 15.4. The molecule has 12 rings (SSSR count). The van der Waals surface area contributed by atoms with Crippen LogP contribution in [-0.4, -0.2) is 14.5 Å². The van der Waals surface area contributed by atoms with Gasteiger partial charge in [0.05, 0.1) is 39.6 Å². The van der Waals surface area contributed by atoms with Gasteiger partial charge >= 0.3 is 0 Å². The van der Waals surface area contributed by atoms with Crippen molar-refractivity contribution in [1.82, 2.24) is 14.5 Å². The van der Waals surface area contributed by atoms with E-state index in [1.54, 1.807) is 0 Å². The first kappa shape index (κ1) is 33.3. The Morgan fingerprint density at radius 2 is 0.780 bits per heavy atom. The Kier molecular flexibility index (Phi) is 7.54. The normalized spacial score (nSPS) is 11.7. The van der Waals surface area contributed by atoms with Crippen molar-refractivity contribution in [3.63, 3.8) is 0 Å². The molecular weight excluding hydrogens is 715 g/mol. The van der Waals surface area contributed by atoms with Crippen LogP contribution in [0.1, 0.15) is 0 Å². The zero-order valence-corrected chi connectivity index (χ0v) is 32.0. The largest absolute Gasteiger partial charge is 0.309 e. The molecule has 0 aliphatic heterocycles. The van der Waals surface area contributed by atoms with Crippen LogP contribution in [0.15, 0.2) is 212 Å². The summed E-state index contributed by atoms with van der Waals surface area (Å²) in [5.41, 5.74) is 14.4. The van der Waals surface area contributed by atoms with Crippen LogP contribution in [0.25, 0.3) is 115 Å². The van der Waals surface area contributed by atoms with E-state index >= 15 is 0 Å². The van der Waals surface area contributed by atoms with Crippen molar-refractivity contribution in [2.75, 3.05) is 0 Å². The number of hydrogen-bond donors (Lipinski definition) is 0. The van der Waals surface area contributed by atoms with Gasteiger partial charge in [-0.25, -0.2) is 4.98 Å². The third-order valence-electron chi connectivity index (χ3n) is 12.0. The number of hydrogen-bond acceptors (Lipinski definition) is 2. The molecule has 274 valence electrons. The summed E-state index contributed by atoms with van der Waals surface area (Å²) in [6, 6.07) is 74.4. The van der Waals surface area contributed by atoms with Crippen LogP contribution in [0.2, 0.25) is 0 Å². The molecule has 0 bridgehead atoms. The second-order valence-electron chi connectivity index (χ2n) is 15.4. The lowest BCUT2D eigenvalue weighted by Gasteiger charge is -2.12. The summed E-state index contributed by atoms with van der Waals surface area (Å²) in [6.45, 7) is 0. The molecular formula is C56H35N3. The summed E-state index contributed by atoms with van der Waals surface area (Å²) in [4.78, 5) is 10.3. The number of para-hydroxylation sites is 1. The van der Waals surface area contributed by atoms with Crippen LogP contribution in [0.3, 0.4) is 0 Å². The van der Waals surface area contributed by atoms with Crippen molar-refractivity contribution in [3.05, 3.63) is 212 Å². The molecule has 2 heterocycles. The Morgan fingerprint density at radius 1 is 0.305 bits per heavy atom. The standard InChI is InChI=1S/C56H35N3/c1-2-21-44-36(13-1)14-12-28-52(44)59-53-27-8-7-24-47(53)50-34-42(29-30-54(50)59)40-18-10-16-38(32-40)37-15-9-17-39(31-37)41-19-11-20-43(33-41)51-35-57-55-48-25-5-3-22-45(48)46-23-4-6-26-49(46)56(55)58-51/h1-35H. The zero-order valence-electron chi connectivity index (χ0n) is 32.0. The van der Waals surface area contributed by atoms with Gasteiger partial charge in [0.25, 0.3) is 0 Å². The van der Waals surface area contributed by atoms with Gasteiger partial charge in [-0.1, -0.05) is 164 Å². The van der Waals surface area contributed by atoms with Crippen LogP contribution >= 0.6 is 0 Å².